The molecular formula is C7H12NS. The summed E-state index contributed by atoms with van der Waals surface area (Å²) < 4.78 is 0. The Morgan fingerprint density at radius 3 is 3.44 bits per heavy atom. The van der Waals surface area contributed by atoms with Gasteiger partial charge >= 0.3 is 0 Å². The molecule has 2 saturated heterocycles. The Kier molecular flexibility index (Phi) is 1.68. The molecule has 9 heavy (non-hydrogen) atoms. The van der Waals surface area contributed by atoms with Crippen molar-refractivity contribution in [1.82, 2.24) is 5.32 Å². The van der Waals surface area contributed by atoms with E-state index < -0.39 is 0 Å². The van der Waals surface area contributed by atoms with Gasteiger partial charge in [0.2, 0.25) is 0 Å². The largest absolute Gasteiger partial charge is 0.305 e. The van der Waals surface area contributed by atoms with E-state index >= 15 is 0 Å². The molecule has 2 heteroatoms. The molecule has 1 nitrogen and oxygen atoms in total. The first-order chi connectivity index (χ1) is 4.47. The number of thioether (sulfide) groups is 1. The van der Waals surface area contributed by atoms with E-state index in [4.69, 9.17) is 0 Å². The molecule has 0 aromatic carbocycles. The van der Waals surface area contributed by atoms with Crippen molar-refractivity contribution in [1.29, 1.82) is 0 Å². The number of hydrogen-bond acceptors (Lipinski definition) is 2. The van der Waals surface area contributed by atoms with Crippen LogP contribution in [0.1, 0.15) is 19.3 Å². The number of rotatable bonds is 0. The summed E-state index contributed by atoms with van der Waals surface area (Å²) in [5.74, 6) is 3.32. The number of hydrogen-bond donors (Lipinski definition) is 1. The molecule has 1 N–H and O–H groups in total. The zero-order chi connectivity index (χ0) is 6.10. The van der Waals surface area contributed by atoms with Crippen LogP contribution in [-0.2, 0) is 0 Å². The molecule has 0 aromatic rings. The quantitative estimate of drug-likeness (QED) is 0.551. The van der Waals surface area contributed by atoms with E-state index in [1.54, 1.807) is 0 Å². The maximum Gasteiger partial charge on any atom is 0.0564 e. The summed E-state index contributed by atoms with van der Waals surface area (Å²) in [6.07, 6.45) is 4.17. The second kappa shape index (κ2) is 2.51. The molecule has 51 valence electrons. The van der Waals surface area contributed by atoms with E-state index in [2.05, 4.69) is 11.1 Å². The third-order valence-corrected chi connectivity index (χ3v) is 3.40. The predicted molar refractivity (Wildman–Crippen MR) is 41.0 cm³/mol. The van der Waals surface area contributed by atoms with Crippen LogP contribution in [0.25, 0.3) is 0 Å². The number of nitrogens with one attached hydrogen (secondary N) is 1. The van der Waals surface area contributed by atoms with Crippen LogP contribution in [0, 0.1) is 11.7 Å². The molecule has 2 aliphatic heterocycles. The third-order valence-electron chi connectivity index (χ3n) is 2.17. The van der Waals surface area contributed by atoms with Crippen LogP contribution in [0.15, 0.2) is 0 Å². The highest BCUT2D eigenvalue weighted by Gasteiger charge is 2.29. The van der Waals surface area contributed by atoms with Crippen molar-refractivity contribution in [2.75, 3.05) is 6.54 Å². The van der Waals surface area contributed by atoms with Gasteiger partial charge in [0.25, 0.3) is 0 Å². The first-order valence-corrected chi connectivity index (χ1v) is 4.61. The van der Waals surface area contributed by atoms with Gasteiger partial charge in [-0.05, 0) is 31.7 Å². The Hall–Kier alpha value is 0.310. The minimum atomic E-state index is 0.777. The van der Waals surface area contributed by atoms with E-state index in [-0.39, 0.29) is 0 Å². The zero-order valence-corrected chi connectivity index (χ0v) is 6.29. The van der Waals surface area contributed by atoms with Gasteiger partial charge in [0.1, 0.15) is 0 Å². The van der Waals surface area contributed by atoms with Gasteiger partial charge in [-0.3, -0.25) is 0 Å². The van der Waals surface area contributed by atoms with Gasteiger partial charge in [0, 0.05) is 5.75 Å². The molecule has 0 spiro atoms. The van der Waals surface area contributed by atoms with Gasteiger partial charge < -0.3 is 5.32 Å². The fourth-order valence-electron chi connectivity index (χ4n) is 1.61. The van der Waals surface area contributed by atoms with Crippen molar-refractivity contribution in [3.05, 3.63) is 5.75 Å². The maximum atomic E-state index is 3.51. The monoisotopic (exact) mass is 142 g/mol. The normalized spacial score (nSPS) is 42.7. The standard InChI is InChI=1S/C7H12NS/c1-2-6-3-5-9-7(6)8-4-1/h5-8H,1-4H2. The summed E-state index contributed by atoms with van der Waals surface area (Å²) in [7, 11) is 0. The molecule has 2 unspecified atom stereocenters. The summed E-state index contributed by atoms with van der Waals surface area (Å²) in [5, 5.41) is 4.29. The average molecular weight is 142 g/mol. The van der Waals surface area contributed by atoms with Gasteiger partial charge in [-0.25, -0.2) is 0 Å². The topological polar surface area (TPSA) is 12.0 Å². The van der Waals surface area contributed by atoms with Crippen molar-refractivity contribution in [2.24, 2.45) is 5.92 Å². The third kappa shape index (κ3) is 1.10. The molecule has 2 heterocycles. The van der Waals surface area contributed by atoms with Crippen LogP contribution in [0.5, 0.6) is 0 Å². The molecule has 2 aliphatic rings. The Labute approximate surface area is 60.6 Å². The minimum absolute atomic E-state index is 0.777. The smallest absolute Gasteiger partial charge is 0.0564 e. The molecule has 0 bridgehead atoms. The highest BCUT2D eigenvalue weighted by molar-refractivity contribution is 8.02. The SMILES string of the molecule is [CH]1CC2CCCNC2S1. The van der Waals surface area contributed by atoms with Gasteiger partial charge in [-0.15, -0.1) is 11.8 Å². The number of piperidine rings is 1. The Bertz CT molecular complexity index is 93.1. The minimum Gasteiger partial charge on any atom is -0.305 e. The molecular weight excluding hydrogens is 130 g/mol. The summed E-state index contributed by atoms with van der Waals surface area (Å²) >= 11 is 1.99. The van der Waals surface area contributed by atoms with Crippen LogP contribution in [0.4, 0.5) is 0 Å². The molecule has 0 saturated carbocycles. The lowest BCUT2D eigenvalue weighted by atomic mass is 9.97. The molecule has 0 aliphatic carbocycles. The fourth-order valence-corrected chi connectivity index (χ4v) is 2.86. The highest BCUT2D eigenvalue weighted by Crippen LogP contribution is 2.38. The van der Waals surface area contributed by atoms with Gasteiger partial charge in [0.15, 0.2) is 0 Å². The summed E-state index contributed by atoms with van der Waals surface area (Å²) in [6.45, 7) is 1.24. The van der Waals surface area contributed by atoms with E-state index in [1.165, 1.54) is 25.8 Å². The molecule has 0 aromatic heterocycles. The Morgan fingerprint density at radius 2 is 2.56 bits per heavy atom. The molecule has 1 radical (unpaired) electrons. The second-order valence-electron chi connectivity index (χ2n) is 2.82. The fraction of sp³-hybridized carbons (Fsp3) is 0.857. The van der Waals surface area contributed by atoms with Crippen molar-refractivity contribution in [2.45, 2.75) is 24.6 Å². The predicted octanol–water partition coefficient (Wildman–Crippen LogP) is 1.61. The van der Waals surface area contributed by atoms with Crippen molar-refractivity contribution >= 4 is 11.8 Å². The highest BCUT2D eigenvalue weighted by atomic mass is 32.2. The summed E-state index contributed by atoms with van der Waals surface area (Å²) in [6, 6.07) is 0. The average Bonchev–Trinajstić information content (AvgIpc) is 2.33. The Morgan fingerprint density at radius 1 is 1.56 bits per heavy atom. The van der Waals surface area contributed by atoms with Crippen molar-refractivity contribution in [3.63, 3.8) is 0 Å². The van der Waals surface area contributed by atoms with Gasteiger partial charge in [0.05, 0.1) is 5.37 Å². The first-order valence-electron chi connectivity index (χ1n) is 3.67. The van der Waals surface area contributed by atoms with Crippen LogP contribution < -0.4 is 5.32 Å². The lowest BCUT2D eigenvalue weighted by molar-refractivity contribution is 0.365. The number of fused-ring (bicyclic) bond motifs is 1. The molecule has 0 amide bonds. The van der Waals surface area contributed by atoms with E-state index in [9.17, 15) is 0 Å². The molecule has 2 atom stereocenters. The first kappa shape index (κ1) is 6.05. The van der Waals surface area contributed by atoms with Crippen molar-refractivity contribution in [3.8, 4) is 0 Å². The second-order valence-corrected chi connectivity index (χ2v) is 3.93. The Balaban J connectivity index is 1.97. The summed E-state index contributed by atoms with van der Waals surface area (Å²) in [4.78, 5) is 0. The van der Waals surface area contributed by atoms with Crippen molar-refractivity contribution < 1.29 is 0 Å². The zero-order valence-electron chi connectivity index (χ0n) is 5.47. The van der Waals surface area contributed by atoms with E-state index in [0.717, 1.165) is 11.3 Å². The van der Waals surface area contributed by atoms with Crippen LogP contribution >= 0.6 is 11.8 Å². The molecule has 2 fully saturated rings. The van der Waals surface area contributed by atoms with E-state index in [0.29, 0.717) is 0 Å². The van der Waals surface area contributed by atoms with Crippen LogP contribution in [0.3, 0.4) is 0 Å². The van der Waals surface area contributed by atoms with Crippen LogP contribution in [-0.4, -0.2) is 11.9 Å². The maximum absolute atomic E-state index is 3.51. The summed E-state index contributed by atoms with van der Waals surface area (Å²) in [5.41, 5.74) is 0. The van der Waals surface area contributed by atoms with Gasteiger partial charge in [-0.1, -0.05) is 0 Å². The van der Waals surface area contributed by atoms with Crippen LogP contribution in [0.2, 0.25) is 0 Å². The molecule has 2 rings (SSSR count). The van der Waals surface area contributed by atoms with Gasteiger partial charge in [-0.2, -0.15) is 0 Å². The van der Waals surface area contributed by atoms with E-state index in [1.807, 2.05) is 11.8 Å². The lowest BCUT2D eigenvalue weighted by Gasteiger charge is -2.25. The lowest BCUT2D eigenvalue weighted by Crippen LogP contribution is -2.35.